The summed E-state index contributed by atoms with van der Waals surface area (Å²) in [4.78, 5) is 10.3. The number of nitroso groups, excluding NO2 is 1. The Bertz CT molecular complexity index is 186. The lowest BCUT2D eigenvalue weighted by atomic mass is 9.94. The Morgan fingerprint density at radius 1 is 1.38 bits per heavy atom. The van der Waals surface area contributed by atoms with Crippen molar-refractivity contribution in [3.05, 3.63) is 4.91 Å². The predicted molar refractivity (Wildman–Crippen MR) is 43.0 cm³/mol. The third-order valence-electron chi connectivity index (χ3n) is 2.25. The SMILES string of the molecule is CC1OC(CO)C(N=O)C(O)C1O. The minimum Gasteiger partial charge on any atom is -0.394 e. The number of aliphatic hydroxyl groups is 3. The maximum atomic E-state index is 10.3. The number of aliphatic hydroxyl groups excluding tert-OH is 3. The van der Waals surface area contributed by atoms with Crippen LogP contribution in [-0.4, -0.2) is 52.4 Å². The van der Waals surface area contributed by atoms with E-state index in [1.807, 2.05) is 0 Å². The van der Waals surface area contributed by atoms with E-state index in [2.05, 4.69) is 5.18 Å². The molecule has 6 heteroatoms. The predicted octanol–water partition coefficient (Wildman–Crippen LogP) is -1.38. The van der Waals surface area contributed by atoms with Gasteiger partial charge in [-0.15, -0.1) is 0 Å². The van der Waals surface area contributed by atoms with Crippen LogP contribution in [0.25, 0.3) is 0 Å². The van der Waals surface area contributed by atoms with Gasteiger partial charge in [0.25, 0.3) is 0 Å². The Kier molecular flexibility index (Phi) is 3.32. The van der Waals surface area contributed by atoms with Gasteiger partial charge in [-0.25, -0.2) is 0 Å². The van der Waals surface area contributed by atoms with Gasteiger partial charge in [-0.3, -0.25) is 0 Å². The summed E-state index contributed by atoms with van der Waals surface area (Å²) in [6.07, 6.45) is -3.83. The van der Waals surface area contributed by atoms with E-state index < -0.39 is 37.1 Å². The van der Waals surface area contributed by atoms with Gasteiger partial charge in [-0.2, -0.15) is 4.91 Å². The molecule has 1 fully saturated rings. The van der Waals surface area contributed by atoms with Gasteiger partial charge in [-0.1, -0.05) is 5.18 Å². The van der Waals surface area contributed by atoms with E-state index in [9.17, 15) is 15.1 Å². The Morgan fingerprint density at radius 2 is 2.00 bits per heavy atom. The Morgan fingerprint density at radius 3 is 2.46 bits per heavy atom. The standard InChI is InChI=1S/C7H13NO5/c1-3-6(10)7(11)5(8-12)4(2-9)13-3/h3-7,9-11H,2H2,1H3. The van der Waals surface area contributed by atoms with E-state index in [0.29, 0.717) is 0 Å². The summed E-state index contributed by atoms with van der Waals surface area (Å²) in [6, 6.07) is -1.10. The van der Waals surface area contributed by atoms with E-state index in [0.717, 1.165) is 0 Å². The lowest BCUT2D eigenvalue weighted by molar-refractivity contribution is -0.180. The second-order valence-electron chi connectivity index (χ2n) is 3.14. The van der Waals surface area contributed by atoms with Crippen LogP contribution < -0.4 is 0 Å². The Labute approximate surface area is 75.1 Å². The van der Waals surface area contributed by atoms with Crippen molar-refractivity contribution in [2.75, 3.05) is 6.61 Å². The van der Waals surface area contributed by atoms with Crippen LogP contribution in [0.4, 0.5) is 0 Å². The minimum atomic E-state index is -1.27. The maximum absolute atomic E-state index is 10.3. The van der Waals surface area contributed by atoms with Crippen LogP contribution in [0.2, 0.25) is 0 Å². The first-order valence-electron chi connectivity index (χ1n) is 4.06. The Balaban J connectivity index is 2.74. The van der Waals surface area contributed by atoms with Gasteiger partial charge in [0.15, 0.2) is 0 Å². The average Bonchev–Trinajstić information content (AvgIpc) is 2.13. The van der Waals surface area contributed by atoms with Gasteiger partial charge in [0.1, 0.15) is 24.4 Å². The fourth-order valence-corrected chi connectivity index (χ4v) is 1.42. The molecule has 1 rings (SSSR count). The maximum Gasteiger partial charge on any atom is 0.149 e. The smallest absolute Gasteiger partial charge is 0.149 e. The summed E-state index contributed by atoms with van der Waals surface area (Å²) in [5.41, 5.74) is 0. The average molecular weight is 191 g/mol. The first-order chi connectivity index (χ1) is 6.11. The molecule has 0 aromatic carbocycles. The number of hydrogen-bond donors (Lipinski definition) is 3. The van der Waals surface area contributed by atoms with Crippen molar-refractivity contribution < 1.29 is 20.1 Å². The highest BCUT2D eigenvalue weighted by Crippen LogP contribution is 2.22. The van der Waals surface area contributed by atoms with Gasteiger partial charge >= 0.3 is 0 Å². The van der Waals surface area contributed by atoms with Crippen molar-refractivity contribution in [3.63, 3.8) is 0 Å². The van der Waals surface area contributed by atoms with Crippen molar-refractivity contribution in [1.29, 1.82) is 0 Å². The van der Waals surface area contributed by atoms with E-state index >= 15 is 0 Å². The van der Waals surface area contributed by atoms with Crippen LogP contribution in [0.15, 0.2) is 5.18 Å². The number of nitrogens with zero attached hydrogens (tertiary/aromatic N) is 1. The molecular weight excluding hydrogens is 178 g/mol. The van der Waals surface area contributed by atoms with E-state index in [4.69, 9.17) is 9.84 Å². The van der Waals surface area contributed by atoms with Crippen LogP contribution in [-0.2, 0) is 4.74 Å². The molecule has 0 aromatic rings. The first-order valence-corrected chi connectivity index (χ1v) is 4.06. The third kappa shape index (κ3) is 1.86. The molecule has 13 heavy (non-hydrogen) atoms. The zero-order valence-corrected chi connectivity index (χ0v) is 7.20. The normalized spacial score (nSPS) is 46.0. The quantitative estimate of drug-likeness (QED) is 0.467. The summed E-state index contributed by atoms with van der Waals surface area (Å²) in [5.74, 6) is 0. The molecule has 0 spiro atoms. The molecule has 1 aliphatic heterocycles. The molecule has 5 atom stereocenters. The second kappa shape index (κ2) is 4.10. The molecule has 0 aliphatic carbocycles. The zero-order valence-electron chi connectivity index (χ0n) is 7.20. The molecule has 5 unspecified atom stereocenters. The fraction of sp³-hybridized carbons (Fsp3) is 1.00. The molecule has 3 N–H and O–H groups in total. The van der Waals surface area contributed by atoms with Gasteiger partial charge < -0.3 is 20.1 Å². The van der Waals surface area contributed by atoms with E-state index in [-0.39, 0.29) is 0 Å². The minimum absolute atomic E-state index is 0.398. The molecule has 1 heterocycles. The topological polar surface area (TPSA) is 99.4 Å². The van der Waals surface area contributed by atoms with Crippen molar-refractivity contribution >= 4 is 0 Å². The first kappa shape index (κ1) is 10.5. The summed E-state index contributed by atoms with van der Waals surface area (Å²) >= 11 is 0. The molecule has 1 aliphatic rings. The molecule has 0 radical (unpaired) electrons. The Hall–Kier alpha value is -0.560. The van der Waals surface area contributed by atoms with Gasteiger partial charge in [-0.05, 0) is 6.92 Å². The fourth-order valence-electron chi connectivity index (χ4n) is 1.42. The summed E-state index contributed by atoms with van der Waals surface area (Å²) < 4.78 is 5.07. The molecule has 6 nitrogen and oxygen atoms in total. The van der Waals surface area contributed by atoms with Crippen molar-refractivity contribution in [1.82, 2.24) is 0 Å². The van der Waals surface area contributed by atoms with E-state index in [1.54, 1.807) is 6.92 Å². The molecular formula is C7H13NO5. The monoisotopic (exact) mass is 191 g/mol. The van der Waals surface area contributed by atoms with Crippen LogP contribution >= 0.6 is 0 Å². The molecule has 1 saturated heterocycles. The molecule has 0 amide bonds. The van der Waals surface area contributed by atoms with E-state index in [1.165, 1.54) is 0 Å². The summed E-state index contributed by atoms with van der Waals surface area (Å²) in [6.45, 7) is 1.15. The van der Waals surface area contributed by atoms with Gasteiger partial charge in [0.2, 0.25) is 0 Å². The summed E-state index contributed by atoms with van der Waals surface area (Å²) in [5, 5.41) is 30.1. The zero-order chi connectivity index (χ0) is 10.0. The van der Waals surface area contributed by atoms with Crippen molar-refractivity contribution in [3.8, 4) is 0 Å². The lowest BCUT2D eigenvalue weighted by Gasteiger charge is -2.37. The highest BCUT2D eigenvalue weighted by Gasteiger charge is 2.43. The number of ether oxygens (including phenoxy) is 1. The highest BCUT2D eigenvalue weighted by molar-refractivity contribution is 4.94. The molecule has 0 aromatic heterocycles. The number of rotatable bonds is 2. The van der Waals surface area contributed by atoms with Crippen molar-refractivity contribution in [2.24, 2.45) is 5.18 Å². The van der Waals surface area contributed by atoms with Crippen molar-refractivity contribution in [2.45, 2.75) is 37.4 Å². The lowest BCUT2D eigenvalue weighted by Crippen LogP contribution is -2.56. The van der Waals surface area contributed by atoms with Crippen LogP contribution in [0.5, 0.6) is 0 Å². The number of hydrogen-bond acceptors (Lipinski definition) is 6. The molecule has 0 saturated carbocycles. The highest BCUT2D eigenvalue weighted by atomic mass is 16.5. The van der Waals surface area contributed by atoms with Gasteiger partial charge in [0.05, 0.1) is 12.7 Å². The third-order valence-corrected chi connectivity index (χ3v) is 2.25. The summed E-state index contributed by atoms with van der Waals surface area (Å²) in [7, 11) is 0. The largest absolute Gasteiger partial charge is 0.394 e. The van der Waals surface area contributed by atoms with Crippen LogP contribution in [0.1, 0.15) is 6.92 Å². The molecule has 0 bridgehead atoms. The van der Waals surface area contributed by atoms with Gasteiger partial charge in [0, 0.05) is 0 Å². The van der Waals surface area contributed by atoms with Crippen LogP contribution in [0.3, 0.4) is 0 Å². The second-order valence-corrected chi connectivity index (χ2v) is 3.14. The molecule has 76 valence electrons. The van der Waals surface area contributed by atoms with Crippen LogP contribution in [0, 0.1) is 4.91 Å².